The number of carbonyl (C=O) groups excluding carboxylic acids is 1. The molecule has 0 N–H and O–H groups in total. The highest BCUT2D eigenvalue weighted by Crippen LogP contribution is 2.34. The summed E-state index contributed by atoms with van der Waals surface area (Å²) in [4.78, 5) is 12.4. The summed E-state index contributed by atoms with van der Waals surface area (Å²) < 4.78 is 55.5. The molecule has 316 valence electrons. The summed E-state index contributed by atoms with van der Waals surface area (Å²) in [7, 11) is -2.28. The average molecular weight is 791 g/mol. The topological polar surface area (TPSA) is 97.4 Å². The minimum atomic E-state index is -3.87. The molecule has 1 fully saturated rings. The molecule has 0 radical (unpaired) electrons. The van der Waals surface area contributed by atoms with Crippen LogP contribution < -0.4 is 0 Å². The van der Waals surface area contributed by atoms with Gasteiger partial charge in [0.05, 0.1) is 29.3 Å². The number of cyclic esters (lactones) is 1. The summed E-state index contributed by atoms with van der Waals surface area (Å²) in [5.74, 6) is 0.839. The van der Waals surface area contributed by atoms with E-state index in [9.17, 15) is 13.2 Å². The van der Waals surface area contributed by atoms with Gasteiger partial charge in [0.15, 0.2) is 0 Å². The molecule has 2 aliphatic heterocycles. The molecule has 55 heavy (non-hydrogen) atoms. The molecule has 0 aliphatic carbocycles. The second-order valence-corrected chi connectivity index (χ2v) is 18.4. The van der Waals surface area contributed by atoms with Gasteiger partial charge < -0.3 is 18.9 Å². The highest BCUT2D eigenvalue weighted by Gasteiger charge is 2.32. The molecule has 3 rings (SSSR count). The monoisotopic (exact) mass is 791 g/mol. The van der Waals surface area contributed by atoms with Gasteiger partial charge in [-0.3, -0.25) is 4.18 Å². The van der Waals surface area contributed by atoms with Crippen LogP contribution in [0.1, 0.15) is 181 Å². The van der Waals surface area contributed by atoms with Crippen molar-refractivity contribution in [3.63, 3.8) is 0 Å². The lowest BCUT2D eigenvalue weighted by molar-refractivity contribution is -0.139. The van der Waals surface area contributed by atoms with E-state index in [1.165, 1.54) is 77.0 Å². The molecule has 0 aromatic heterocycles. The molecule has 7 atom stereocenters. The Hall–Kier alpha value is -1.78. The minimum absolute atomic E-state index is 0.146. The summed E-state index contributed by atoms with van der Waals surface area (Å²) >= 11 is 0. The van der Waals surface area contributed by atoms with E-state index in [1.54, 1.807) is 19.2 Å². The lowest BCUT2D eigenvalue weighted by Crippen LogP contribution is -2.23. The van der Waals surface area contributed by atoms with Crippen LogP contribution >= 0.6 is 0 Å². The van der Waals surface area contributed by atoms with E-state index in [0.29, 0.717) is 48.9 Å². The first kappa shape index (κ1) is 47.6. The van der Waals surface area contributed by atoms with Crippen molar-refractivity contribution < 1.29 is 36.3 Å². The van der Waals surface area contributed by atoms with Crippen molar-refractivity contribution in [2.45, 2.75) is 218 Å². The molecule has 8 nitrogen and oxygen atoms in total. The number of hydrogen-bond acceptors (Lipinski definition) is 8. The van der Waals surface area contributed by atoms with Gasteiger partial charge in [0.2, 0.25) is 0 Å². The van der Waals surface area contributed by atoms with Gasteiger partial charge in [-0.05, 0) is 88.8 Å². The fourth-order valence-corrected chi connectivity index (χ4v) is 9.36. The van der Waals surface area contributed by atoms with Gasteiger partial charge in [0, 0.05) is 19.1 Å². The van der Waals surface area contributed by atoms with Crippen molar-refractivity contribution in [3.8, 4) is 0 Å². The van der Waals surface area contributed by atoms with Crippen LogP contribution in [-0.4, -0.2) is 58.8 Å². The maximum Gasteiger partial charge on any atom is 0.334 e. The standard InChI is InChI=1S/C46H78O8S/c1-7-8-9-10-11-12-13-14-15-17-22-37(3)44-31-32-45(53-44)38(4)23-20-21-25-41(54-55(48,49)43-29-27-36(2)28-30-43)24-18-16-19-26-42(51-35-50-6)34-40-33-39(5)52-46(40)47/h27-30,33,37-39,41-42,44-45H,7-26,31-32,34-35H2,1-6H3/t37-,38-,39-,41?,42+,44-,45-/m0/s1. The number of ether oxygens (including phenoxy) is 4. The van der Waals surface area contributed by atoms with Gasteiger partial charge in [-0.2, -0.15) is 8.42 Å². The Morgan fingerprint density at radius 1 is 0.727 bits per heavy atom. The fourth-order valence-electron chi connectivity index (χ4n) is 8.23. The number of esters is 1. The molecule has 2 aliphatic rings. The molecule has 1 unspecified atom stereocenters. The lowest BCUT2D eigenvalue weighted by atomic mass is 9.92. The molecule has 9 heteroatoms. The van der Waals surface area contributed by atoms with Crippen molar-refractivity contribution in [1.29, 1.82) is 0 Å². The van der Waals surface area contributed by atoms with E-state index in [-0.39, 0.29) is 36.0 Å². The third-order valence-electron chi connectivity index (χ3n) is 11.8. The van der Waals surface area contributed by atoms with Gasteiger partial charge in [0.1, 0.15) is 12.9 Å². The van der Waals surface area contributed by atoms with E-state index in [0.717, 1.165) is 56.9 Å². The van der Waals surface area contributed by atoms with E-state index in [1.807, 2.05) is 32.1 Å². The maximum atomic E-state index is 13.3. The second-order valence-electron chi connectivity index (χ2n) is 16.8. The van der Waals surface area contributed by atoms with Crippen LogP contribution in [0.4, 0.5) is 0 Å². The largest absolute Gasteiger partial charge is 0.455 e. The van der Waals surface area contributed by atoms with Crippen LogP contribution in [0.5, 0.6) is 0 Å². The molecule has 0 bridgehead atoms. The summed E-state index contributed by atoms with van der Waals surface area (Å²) in [6, 6.07) is 6.88. The fraction of sp³-hybridized carbons (Fsp3) is 0.804. The molecular weight excluding hydrogens is 713 g/mol. The first-order valence-electron chi connectivity index (χ1n) is 22.2. The molecule has 1 aromatic rings. The van der Waals surface area contributed by atoms with E-state index < -0.39 is 10.1 Å². The van der Waals surface area contributed by atoms with Crippen molar-refractivity contribution in [1.82, 2.24) is 0 Å². The summed E-state index contributed by atoms with van der Waals surface area (Å²) in [6.07, 6.45) is 27.5. The van der Waals surface area contributed by atoms with Crippen molar-refractivity contribution in [2.75, 3.05) is 13.9 Å². The van der Waals surface area contributed by atoms with Crippen LogP contribution in [0.25, 0.3) is 0 Å². The van der Waals surface area contributed by atoms with Crippen molar-refractivity contribution in [3.05, 3.63) is 41.5 Å². The number of rotatable bonds is 32. The van der Waals surface area contributed by atoms with Gasteiger partial charge in [-0.25, -0.2) is 4.79 Å². The third-order valence-corrected chi connectivity index (χ3v) is 13.2. The molecule has 1 saturated heterocycles. The minimum Gasteiger partial charge on any atom is -0.455 e. The van der Waals surface area contributed by atoms with E-state index in [4.69, 9.17) is 23.1 Å². The first-order chi connectivity index (χ1) is 26.5. The number of methoxy groups -OCH3 is 1. The maximum absolute atomic E-state index is 13.3. The van der Waals surface area contributed by atoms with Gasteiger partial charge >= 0.3 is 5.97 Å². The predicted octanol–water partition coefficient (Wildman–Crippen LogP) is 12.0. The van der Waals surface area contributed by atoms with Crippen LogP contribution in [0, 0.1) is 18.8 Å². The van der Waals surface area contributed by atoms with Crippen LogP contribution in [0.3, 0.4) is 0 Å². The summed E-state index contributed by atoms with van der Waals surface area (Å²) in [6.45, 7) is 11.0. The predicted molar refractivity (Wildman–Crippen MR) is 222 cm³/mol. The smallest absolute Gasteiger partial charge is 0.334 e. The zero-order chi connectivity index (χ0) is 39.9. The Labute approximate surface area is 336 Å². The van der Waals surface area contributed by atoms with Gasteiger partial charge in [-0.15, -0.1) is 0 Å². The Bertz CT molecular complexity index is 1310. The molecule has 0 spiro atoms. The normalized spacial score (nSPS) is 21.0. The highest BCUT2D eigenvalue weighted by atomic mass is 32.2. The number of aryl methyl sites for hydroxylation is 1. The lowest BCUT2D eigenvalue weighted by Gasteiger charge is -2.24. The number of carbonyl (C=O) groups is 1. The van der Waals surface area contributed by atoms with Gasteiger partial charge in [-0.1, -0.05) is 135 Å². The Morgan fingerprint density at radius 3 is 1.76 bits per heavy atom. The average Bonchev–Trinajstić information content (AvgIpc) is 3.78. The van der Waals surface area contributed by atoms with Gasteiger partial charge in [0.25, 0.3) is 10.1 Å². The Morgan fingerprint density at radius 2 is 1.22 bits per heavy atom. The zero-order valence-corrected chi connectivity index (χ0v) is 36.4. The summed E-state index contributed by atoms with van der Waals surface area (Å²) in [5, 5.41) is 0. The summed E-state index contributed by atoms with van der Waals surface area (Å²) in [5.41, 5.74) is 1.67. The second kappa shape index (κ2) is 27.0. The van der Waals surface area contributed by atoms with E-state index >= 15 is 0 Å². The third kappa shape index (κ3) is 19.0. The van der Waals surface area contributed by atoms with Crippen LogP contribution in [0.2, 0.25) is 0 Å². The zero-order valence-electron chi connectivity index (χ0n) is 35.6. The SMILES string of the molecule is CCCCCCCCCCCC[C@H](C)[C@@H]1CC[C@@H]([C@@H](C)CCCCC(CCCCC[C@H](CC2=C[C@H](C)OC2=O)OCOC)OS(=O)(=O)c2ccc(C)cc2)O1. The number of benzene rings is 1. The number of hydrogen-bond donors (Lipinski definition) is 0. The molecule has 1 aromatic carbocycles. The highest BCUT2D eigenvalue weighted by molar-refractivity contribution is 7.86. The molecule has 0 saturated carbocycles. The number of unbranched alkanes of at least 4 members (excludes halogenated alkanes) is 12. The molecule has 2 heterocycles. The van der Waals surface area contributed by atoms with Crippen molar-refractivity contribution >= 4 is 16.1 Å². The van der Waals surface area contributed by atoms with E-state index in [2.05, 4.69) is 20.8 Å². The van der Waals surface area contributed by atoms with Crippen LogP contribution in [0.15, 0.2) is 40.8 Å². The van der Waals surface area contributed by atoms with Crippen molar-refractivity contribution in [2.24, 2.45) is 11.8 Å². The quantitative estimate of drug-likeness (QED) is 0.0308. The molecule has 0 amide bonds. The Kier molecular flexibility index (Phi) is 23.4. The molecular formula is C46H78O8S. The first-order valence-corrected chi connectivity index (χ1v) is 23.6. The van der Waals surface area contributed by atoms with Crippen LogP contribution in [-0.2, 0) is 38.0 Å². The Balaban J connectivity index is 1.39.